The Bertz CT molecular complexity index is 2470. The van der Waals surface area contributed by atoms with Crippen molar-refractivity contribution in [3.8, 4) is 45.3 Å². The fourth-order valence-electron chi connectivity index (χ4n) is 8.64. The summed E-state index contributed by atoms with van der Waals surface area (Å²) in [7, 11) is 0. The van der Waals surface area contributed by atoms with E-state index in [1.165, 1.54) is 128 Å². The molecule has 0 saturated heterocycles. The standard InChI is InChI=1S/2C34H45N3O2.Pd/c2*1-3-5-7-9-10-12-24-35-27-30-26-32(20-23-34(30)38)37-36-31-18-14-28(15-19-31)29-16-21-33(22-17-29)39-25-13-11-8-6-4-2;/h2*14-23,26-27,38H,3-13,24-25H2,1-2H3;/q;;+2/p-2. The molecule has 0 bridgehead atoms. The molecule has 0 spiro atoms. The van der Waals surface area contributed by atoms with Crippen LogP contribution in [0.25, 0.3) is 22.3 Å². The molecule has 10 nitrogen and oxygen atoms in total. The molecule has 6 rings (SSSR count). The van der Waals surface area contributed by atoms with Crippen LogP contribution in [-0.2, 0) is 20.4 Å². The van der Waals surface area contributed by atoms with Crippen LogP contribution < -0.4 is 19.7 Å². The van der Waals surface area contributed by atoms with Crippen LogP contribution in [0.15, 0.2) is 164 Å². The summed E-state index contributed by atoms with van der Waals surface area (Å²) in [6, 6.07) is 42.4. The number of rotatable bonds is 36. The maximum absolute atomic E-state index is 12.2. The first-order chi connectivity index (χ1) is 38.4. The van der Waals surface area contributed by atoms with Crippen LogP contribution in [0.4, 0.5) is 22.7 Å². The van der Waals surface area contributed by atoms with Gasteiger partial charge in [-0.25, -0.2) is 0 Å². The van der Waals surface area contributed by atoms with Gasteiger partial charge >= 0.3 is 20.4 Å². The van der Waals surface area contributed by atoms with Gasteiger partial charge < -0.3 is 19.7 Å². The van der Waals surface area contributed by atoms with Gasteiger partial charge in [0.05, 0.1) is 36.0 Å². The number of hydrogen-bond donors (Lipinski definition) is 0. The summed E-state index contributed by atoms with van der Waals surface area (Å²) in [5.74, 6) is 1.73. The Kier molecular flexibility index (Phi) is 33.7. The van der Waals surface area contributed by atoms with Crippen molar-refractivity contribution in [2.75, 3.05) is 26.3 Å². The first-order valence-electron chi connectivity index (χ1n) is 29.5. The van der Waals surface area contributed by atoms with Crippen LogP contribution in [0, 0.1) is 0 Å². The van der Waals surface area contributed by atoms with E-state index in [4.69, 9.17) is 9.47 Å². The number of hydrogen-bond acceptors (Lipinski definition) is 10. The molecule has 0 N–H and O–H groups in total. The molecule has 6 aromatic rings. The van der Waals surface area contributed by atoms with Gasteiger partial charge in [0.1, 0.15) is 11.5 Å². The zero-order valence-corrected chi connectivity index (χ0v) is 49.4. The number of nitrogens with zero attached hydrogens (tertiary/aromatic N) is 6. The van der Waals surface area contributed by atoms with Crippen LogP contribution in [0.1, 0.15) is 180 Å². The summed E-state index contributed by atoms with van der Waals surface area (Å²) in [4.78, 5) is 8.89. The molecule has 79 heavy (non-hydrogen) atoms. The summed E-state index contributed by atoms with van der Waals surface area (Å²) in [5.41, 5.74) is 8.38. The minimum absolute atomic E-state index is 0. The van der Waals surface area contributed by atoms with Crippen molar-refractivity contribution in [1.82, 2.24) is 0 Å². The van der Waals surface area contributed by atoms with Gasteiger partial charge in [0.25, 0.3) is 0 Å². The van der Waals surface area contributed by atoms with Crippen molar-refractivity contribution < 1.29 is 40.1 Å². The molecule has 0 atom stereocenters. The predicted molar refractivity (Wildman–Crippen MR) is 324 cm³/mol. The fraction of sp³-hybridized carbons (Fsp3) is 0.441. The van der Waals surface area contributed by atoms with Gasteiger partial charge in [0.2, 0.25) is 0 Å². The van der Waals surface area contributed by atoms with Gasteiger partial charge in [-0.1, -0.05) is 215 Å². The van der Waals surface area contributed by atoms with E-state index in [1.54, 1.807) is 36.7 Å². The maximum Gasteiger partial charge on any atom is 2.00 e. The van der Waals surface area contributed by atoms with Crippen LogP contribution in [0.5, 0.6) is 23.0 Å². The molecule has 0 heterocycles. The van der Waals surface area contributed by atoms with Crippen LogP contribution in [-0.4, -0.2) is 38.7 Å². The Hall–Kier alpha value is -6.28. The number of azo groups is 2. The molecule has 0 aliphatic rings. The van der Waals surface area contributed by atoms with Crippen LogP contribution >= 0.6 is 0 Å². The quantitative estimate of drug-likeness (QED) is 0.0167. The van der Waals surface area contributed by atoms with Crippen LogP contribution in [0.2, 0.25) is 0 Å². The third-order valence-electron chi connectivity index (χ3n) is 13.4. The summed E-state index contributed by atoms with van der Waals surface area (Å²) < 4.78 is 11.8. The Morgan fingerprint density at radius 3 is 0.949 bits per heavy atom. The Balaban J connectivity index is 0.000000336. The molecular formula is C68H88N6O4Pd. The topological polar surface area (TPSA) is 139 Å². The van der Waals surface area contributed by atoms with E-state index in [9.17, 15) is 10.2 Å². The first kappa shape index (κ1) is 65.2. The number of aliphatic imine (C=N–C) groups is 2. The maximum atomic E-state index is 12.2. The fourth-order valence-corrected chi connectivity index (χ4v) is 8.64. The third-order valence-corrected chi connectivity index (χ3v) is 13.4. The molecule has 0 aromatic heterocycles. The SMILES string of the molecule is CCCCCCCCN=Cc1cc(N=Nc2ccc(-c3ccc(OCCCCCCC)cc3)cc2)ccc1[O-].CCCCCCCCN=Cc1cc(N=Nc2ccc(-c3ccc(OCCCCCCC)cc3)cc2)ccc1[O-].[Pd+2]. The van der Waals surface area contributed by atoms with Gasteiger partial charge in [0, 0.05) is 25.5 Å². The second-order valence-corrected chi connectivity index (χ2v) is 20.1. The summed E-state index contributed by atoms with van der Waals surface area (Å²) in [6.45, 7) is 12.0. The molecule has 0 saturated carbocycles. The predicted octanol–water partition coefficient (Wildman–Crippen LogP) is 19.9. The Labute approximate surface area is 488 Å². The second kappa shape index (κ2) is 40.8. The minimum Gasteiger partial charge on any atom is -0.872 e. The molecular weight excluding hydrogens is 1070 g/mol. The zero-order chi connectivity index (χ0) is 55.1. The number of benzene rings is 6. The van der Waals surface area contributed by atoms with E-state index in [-0.39, 0.29) is 31.9 Å². The average molecular weight is 1160 g/mol. The van der Waals surface area contributed by atoms with E-state index >= 15 is 0 Å². The third kappa shape index (κ3) is 27.0. The van der Waals surface area contributed by atoms with Gasteiger partial charge in [-0.3, -0.25) is 9.98 Å². The van der Waals surface area contributed by atoms with E-state index in [1.807, 2.05) is 72.8 Å². The molecule has 424 valence electrons. The van der Waals surface area contributed by atoms with Crippen molar-refractivity contribution >= 4 is 35.2 Å². The van der Waals surface area contributed by atoms with Crippen molar-refractivity contribution in [2.24, 2.45) is 30.4 Å². The molecule has 0 amide bonds. The molecule has 6 aromatic carbocycles. The van der Waals surface area contributed by atoms with E-state index in [2.05, 4.69) is 82.4 Å². The van der Waals surface area contributed by atoms with Gasteiger partial charge in [-0.2, -0.15) is 20.5 Å². The second-order valence-electron chi connectivity index (χ2n) is 20.1. The van der Waals surface area contributed by atoms with E-state index in [0.29, 0.717) is 22.5 Å². The normalized spacial score (nSPS) is 11.4. The van der Waals surface area contributed by atoms with Gasteiger partial charge in [-0.15, -0.1) is 0 Å². The summed E-state index contributed by atoms with van der Waals surface area (Å²) >= 11 is 0. The van der Waals surface area contributed by atoms with Crippen molar-refractivity contribution in [1.29, 1.82) is 0 Å². The zero-order valence-electron chi connectivity index (χ0n) is 47.9. The van der Waals surface area contributed by atoms with Crippen molar-refractivity contribution in [2.45, 2.75) is 169 Å². The first-order valence-corrected chi connectivity index (χ1v) is 29.5. The molecule has 0 aliphatic carbocycles. The Morgan fingerprint density at radius 1 is 0.329 bits per heavy atom. The number of unbranched alkanes of at least 4 members (excludes halogenated alkanes) is 18. The van der Waals surface area contributed by atoms with Gasteiger partial charge in [-0.05, 0) is 132 Å². The molecule has 0 aliphatic heterocycles. The van der Waals surface area contributed by atoms with Crippen molar-refractivity contribution in [3.05, 3.63) is 145 Å². The van der Waals surface area contributed by atoms with E-state index < -0.39 is 0 Å². The van der Waals surface area contributed by atoms with E-state index in [0.717, 1.165) is 97.1 Å². The molecule has 0 unspecified atom stereocenters. The average Bonchev–Trinajstić information content (AvgIpc) is 3.48. The molecule has 0 fully saturated rings. The van der Waals surface area contributed by atoms with Crippen molar-refractivity contribution in [3.63, 3.8) is 0 Å². The number of ether oxygens (including phenoxy) is 2. The summed E-state index contributed by atoms with van der Waals surface area (Å²) in [6.07, 6.45) is 30.4. The molecule has 0 radical (unpaired) electrons. The van der Waals surface area contributed by atoms with Gasteiger partial charge in [0.15, 0.2) is 0 Å². The molecule has 11 heteroatoms. The monoisotopic (exact) mass is 1160 g/mol. The smallest absolute Gasteiger partial charge is 0.872 e. The Morgan fingerprint density at radius 2 is 0.608 bits per heavy atom. The largest absolute Gasteiger partial charge is 2.00 e. The minimum atomic E-state index is -0.0478. The van der Waals surface area contributed by atoms with Crippen LogP contribution in [0.3, 0.4) is 0 Å². The summed E-state index contributed by atoms with van der Waals surface area (Å²) in [5, 5.41) is 41.8.